The van der Waals surface area contributed by atoms with E-state index in [0.29, 0.717) is 12.5 Å². The van der Waals surface area contributed by atoms with Gasteiger partial charge in [-0.05, 0) is 19.3 Å². The van der Waals surface area contributed by atoms with E-state index < -0.39 is 16.0 Å². The highest BCUT2D eigenvalue weighted by Crippen LogP contribution is 2.32. The third kappa shape index (κ3) is 2.91. The Kier molecular flexibility index (Phi) is 3.45. The Morgan fingerprint density at radius 2 is 2.22 bits per heavy atom. The Balaban J connectivity index is 2.09. The monoisotopic (exact) mass is 273 g/mol. The Bertz CT molecular complexity index is 556. The summed E-state index contributed by atoms with van der Waals surface area (Å²) in [6.45, 7) is 1.81. The number of carbonyl (C=O) groups is 1. The number of sulfonamides is 1. The van der Waals surface area contributed by atoms with Crippen molar-refractivity contribution in [2.24, 2.45) is 5.92 Å². The molecule has 1 aliphatic rings. The quantitative estimate of drug-likeness (QED) is 0.815. The Hall–Kier alpha value is -1.34. The summed E-state index contributed by atoms with van der Waals surface area (Å²) in [4.78, 5) is 10.6. The summed E-state index contributed by atoms with van der Waals surface area (Å²) in [7, 11) is -3.68. The minimum absolute atomic E-state index is 0.0892. The molecule has 0 amide bonds. The van der Waals surface area contributed by atoms with E-state index in [2.05, 4.69) is 4.72 Å². The summed E-state index contributed by atoms with van der Waals surface area (Å²) < 4.78 is 31.2. The zero-order chi connectivity index (χ0) is 13.3. The lowest BCUT2D eigenvalue weighted by atomic mass is 10.3. The van der Waals surface area contributed by atoms with Gasteiger partial charge in [0.05, 0.1) is 0 Å². The molecule has 7 heteroatoms. The fourth-order valence-electron chi connectivity index (χ4n) is 1.72. The summed E-state index contributed by atoms with van der Waals surface area (Å²) in [6, 6.07) is 1.04. The van der Waals surface area contributed by atoms with Gasteiger partial charge in [0.15, 0.2) is 0 Å². The van der Waals surface area contributed by atoms with Crippen molar-refractivity contribution in [3.63, 3.8) is 0 Å². The van der Waals surface area contributed by atoms with Crippen LogP contribution in [-0.2, 0) is 10.0 Å². The van der Waals surface area contributed by atoms with Crippen LogP contribution in [0.3, 0.4) is 0 Å². The molecule has 2 N–H and O–H groups in total. The molecule has 0 bridgehead atoms. The second-order valence-corrected chi connectivity index (χ2v) is 6.20. The molecule has 0 aromatic carbocycles. The van der Waals surface area contributed by atoms with Crippen LogP contribution in [0.5, 0.6) is 0 Å². The number of carboxylic acids is 1. The summed E-state index contributed by atoms with van der Waals surface area (Å²) in [5.74, 6) is -0.924. The van der Waals surface area contributed by atoms with Crippen molar-refractivity contribution in [2.45, 2.75) is 31.1 Å². The zero-order valence-corrected chi connectivity index (χ0v) is 10.8. The van der Waals surface area contributed by atoms with Crippen molar-refractivity contribution in [3.05, 3.63) is 17.6 Å². The summed E-state index contributed by atoms with van der Waals surface area (Å²) in [5, 5.41) is 8.74. The first kappa shape index (κ1) is 13.1. The summed E-state index contributed by atoms with van der Waals surface area (Å²) in [6.07, 6.45) is 3.15. The van der Waals surface area contributed by atoms with Crippen molar-refractivity contribution in [2.75, 3.05) is 6.54 Å². The molecule has 0 atom stereocenters. The molecule has 0 radical (unpaired) electrons. The highest BCUT2D eigenvalue weighted by atomic mass is 32.2. The second-order valence-electron chi connectivity index (χ2n) is 4.47. The first-order chi connectivity index (χ1) is 8.40. The van der Waals surface area contributed by atoms with Gasteiger partial charge < -0.3 is 9.52 Å². The molecular weight excluding hydrogens is 258 g/mol. The topological polar surface area (TPSA) is 96.6 Å². The standard InChI is InChI=1S/C11H15NO5S/c1-7-10(6-9(17-7)11(13)14)18(15,16)12-5-4-8-2-3-8/h6,8,12H,2-5H2,1H3,(H,13,14). The lowest BCUT2D eigenvalue weighted by molar-refractivity contribution is 0.0661. The predicted octanol–water partition coefficient (Wildman–Crippen LogP) is 1.36. The lowest BCUT2D eigenvalue weighted by Crippen LogP contribution is -2.25. The maximum Gasteiger partial charge on any atom is 0.371 e. The smallest absolute Gasteiger partial charge is 0.371 e. The molecule has 2 rings (SSSR count). The number of hydrogen-bond donors (Lipinski definition) is 2. The molecule has 0 aliphatic heterocycles. The number of hydrogen-bond acceptors (Lipinski definition) is 4. The Morgan fingerprint density at radius 1 is 1.56 bits per heavy atom. The average Bonchev–Trinajstić information content (AvgIpc) is 2.98. The number of rotatable bonds is 6. The molecule has 1 aromatic rings. The average molecular weight is 273 g/mol. The van der Waals surface area contributed by atoms with Crippen molar-refractivity contribution >= 4 is 16.0 Å². The van der Waals surface area contributed by atoms with Crippen LogP contribution in [0.25, 0.3) is 0 Å². The summed E-state index contributed by atoms with van der Waals surface area (Å²) >= 11 is 0. The highest BCUT2D eigenvalue weighted by Gasteiger charge is 2.25. The minimum atomic E-state index is -3.68. The van der Waals surface area contributed by atoms with Gasteiger partial charge in [-0.15, -0.1) is 0 Å². The van der Waals surface area contributed by atoms with Crippen LogP contribution in [-0.4, -0.2) is 26.0 Å². The van der Waals surface area contributed by atoms with E-state index in [-0.39, 0.29) is 16.4 Å². The van der Waals surface area contributed by atoms with Crippen molar-refractivity contribution in [3.8, 4) is 0 Å². The van der Waals surface area contributed by atoms with E-state index in [1.165, 1.54) is 6.92 Å². The summed E-state index contributed by atoms with van der Waals surface area (Å²) in [5.41, 5.74) is 0. The third-order valence-corrected chi connectivity index (χ3v) is 4.48. The van der Waals surface area contributed by atoms with E-state index >= 15 is 0 Å². The van der Waals surface area contributed by atoms with E-state index in [0.717, 1.165) is 25.3 Å². The zero-order valence-electron chi connectivity index (χ0n) is 9.97. The molecular formula is C11H15NO5S. The van der Waals surface area contributed by atoms with Crippen LogP contribution in [0, 0.1) is 12.8 Å². The van der Waals surface area contributed by atoms with Gasteiger partial charge in [0.1, 0.15) is 10.7 Å². The molecule has 0 saturated heterocycles. The van der Waals surface area contributed by atoms with Gasteiger partial charge in [-0.1, -0.05) is 12.8 Å². The lowest BCUT2D eigenvalue weighted by Gasteiger charge is -2.04. The molecule has 18 heavy (non-hydrogen) atoms. The first-order valence-corrected chi connectivity index (χ1v) is 7.22. The molecule has 1 heterocycles. The van der Waals surface area contributed by atoms with Gasteiger partial charge in [-0.2, -0.15) is 0 Å². The second kappa shape index (κ2) is 4.74. The van der Waals surface area contributed by atoms with Gasteiger partial charge in [-0.25, -0.2) is 17.9 Å². The maximum absolute atomic E-state index is 11.9. The van der Waals surface area contributed by atoms with Crippen molar-refractivity contribution in [1.82, 2.24) is 4.72 Å². The van der Waals surface area contributed by atoms with Gasteiger partial charge >= 0.3 is 5.97 Å². The normalized spacial score (nSPS) is 15.8. The minimum Gasteiger partial charge on any atom is -0.475 e. The maximum atomic E-state index is 11.9. The van der Waals surface area contributed by atoms with Crippen LogP contribution in [0.15, 0.2) is 15.4 Å². The van der Waals surface area contributed by atoms with E-state index in [4.69, 9.17) is 9.52 Å². The van der Waals surface area contributed by atoms with E-state index in [1.54, 1.807) is 0 Å². The van der Waals surface area contributed by atoms with Gasteiger partial charge in [-0.3, -0.25) is 0 Å². The molecule has 1 aromatic heterocycles. The van der Waals surface area contributed by atoms with Gasteiger partial charge in [0.25, 0.3) is 0 Å². The molecule has 1 fully saturated rings. The number of aromatic carboxylic acids is 1. The van der Waals surface area contributed by atoms with Gasteiger partial charge in [0, 0.05) is 12.6 Å². The molecule has 1 aliphatic carbocycles. The molecule has 100 valence electrons. The molecule has 0 spiro atoms. The number of furan rings is 1. The number of carboxylic acid groups (broad SMARTS) is 1. The highest BCUT2D eigenvalue weighted by molar-refractivity contribution is 7.89. The van der Waals surface area contributed by atoms with E-state index in [9.17, 15) is 13.2 Å². The van der Waals surface area contributed by atoms with Crippen LogP contribution in [0.1, 0.15) is 35.6 Å². The fraction of sp³-hybridized carbons (Fsp3) is 0.545. The molecule has 0 unspecified atom stereocenters. The molecule has 6 nitrogen and oxygen atoms in total. The molecule has 1 saturated carbocycles. The number of aryl methyl sites for hydroxylation is 1. The van der Waals surface area contributed by atoms with Gasteiger partial charge in [0.2, 0.25) is 15.8 Å². The van der Waals surface area contributed by atoms with Crippen LogP contribution in [0.2, 0.25) is 0 Å². The first-order valence-electron chi connectivity index (χ1n) is 5.73. The van der Waals surface area contributed by atoms with Crippen LogP contribution in [0.4, 0.5) is 0 Å². The van der Waals surface area contributed by atoms with E-state index in [1.807, 2.05) is 0 Å². The Morgan fingerprint density at radius 3 is 2.72 bits per heavy atom. The van der Waals surface area contributed by atoms with Crippen molar-refractivity contribution in [1.29, 1.82) is 0 Å². The SMILES string of the molecule is Cc1oc(C(=O)O)cc1S(=O)(=O)NCCC1CC1. The Labute approximate surface area is 105 Å². The largest absolute Gasteiger partial charge is 0.475 e. The van der Waals surface area contributed by atoms with Crippen LogP contribution < -0.4 is 4.72 Å². The van der Waals surface area contributed by atoms with Crippen LogP contribution >= 0.6 is 0 Å². The predicted molar refractivity (Wildman–Crippen MR) is 62.9 cm³/mol. The number of nitrogens with one attached hydrogen (secondary N) is 1. The van der Waals surface area contributed by atoms with Crippen molar-refractivity contribution < 1.29 is 22.7 Å². The fourth-order valence-corrected chi connectivity index (χ4v) is 2.94. The third-order valence-electron chi connectivity index (χ3n) is 2.91.